The predicted octanol–water partition coefficient (Wildman–Crippen LogP) is 3.09. The lowest BCUT2D eigenvalue weighted by Gasteiger charge is -2.35. The van der Waals surface area contributed by atoms with Gasteiger partial charge >= 0.3 is 0 Å². The van der Waals surface area contributed by atoms with Crippen LogP contribution in [0.3, 0.4) is 0 Å². The minimum absolute atomic E-state index is 0.497. The fourth-order valence-electron chi connectivity index (χ4n) is 2.19. The number of aromatic nitrogens is 1. The van der Waals surface area contributed by atoms with Crippen LogP contribution in [-0.2, 0) is 0 Å². The molecule has 1 atom stereocenters. The van der Waals surface area contributed by atoms with Crippen molar-refractivity contribution in [2.45, 2.75) is 32.2 Å². The third-order valence-electron chi connectivity index (χ3n) is 3.05. The van der Waals surface area contributed by atoms with E-state index >= 15 is 0 Å². The molecule has 0 N–H and O–H groups in total. The van der Waals surface area contributed by atoms with E-state index < -0.39 is 0 Å². The Labute approximate surface area is 104 Å². The molecule has 16 heavy (non-hydrogen) atoms. The molecular formula is C12H14BrN3. The van der Waals surface area contributed by atoms with Gasteiger partial charge in [-0.3, -0.25) is 0 Å². The molecule has 1 aliphatic rings. The largest absolute Gasteiger partial charge is 0.366 e. The van der Waals surface area contributed by atoms with E-state index in [1.54, 1.807) is 6.20 Å². The summed E-state index contributed by atoms with van der Waals surface area (Å²) >= 11 is 3.41. The summed E-state index contributed by atoms with van der Waals surface area (Å²) in [7, 11) is 0. The van der Waals surface area contributed by atoms with Crippen molar-refractivity contribution in [3.63, 3.8) is 0 Å². The van der Waals surface area contributed by atoms with Crippen LogP contribution in [0.15, 0.2) is 16.7 Å². The zero-order chi connectivity index (χ0) is 11.5. The van der Waals surface area contributed by atoms with Gasteiger partial charge in [0.15, 0.2) is 5.69 Å². The summed E-state index contributed by atoms with van der Waals surface area (Å²) in [6.07, 6.45) is 5.34. The summed E-state index contributed by atoms with van der Waals surface area (Å²) in [6.45, 7) is 3.23. The minimum Gasteiger partial charge on any atom is -0.366 e. The molecule has 0 spiro atoms. The van der Waals surface area contributed by atoms with E-state index in [1.807, 2.05) is 6.07 Å². The van der Waals surface area contributed by atoms with E-state index in [0.29, 0.717) is 11.7 Å². The molecule has 2 rings (SSSR count). The number of pyridine rings is 1. The molecule has 4 heteroatoms. The lowest BCUT2D eigenvalue weighted by molar-refractivity contribution is 0.484. The standard InChI is InChI=1S/C12H14BrN3/c1-9-4-2-3-5-16(9)12-6-10(13)8-15-11(12)7-14/h6,8-9H,2-5H2,1H3. The number of hydrogen-bond donors (Lipinski definition) is 0. The first-order chi connectivity index (χ1) is 7.72. The van der Waals surface area contributed by atoms with E-state index in [-0.39, 0.29) is 0 Å². The van der Waals surface area contributed by atoms with Crippen LogP contribution in [0, 0.1) is 11.3 Å². The average Bonchev–Trinajstić information content (AvgIpc) is 2.29. The second kappa shape index (κ2) is 4.84. The predicted molar refractivity (Wildman–Crippen MR) is 67.3 cm³/mol. The normalized spacial score (nSPS) is 20.6. The number of halogens is 1. The maximum atomic E-state index is 9.07. The molecule has 2 heterocycles. The van der Waals surface area contributed by atoms with E-state index in [4.69, 9.17) is 5.26 Å². The van der Waals surface area contributed by atoms with Crippen LogP contribution < -0.4 is 4.90 Å². The van der Waals surface area contributed by atoms with Crippen LogP contribution in [0.4, 0.5) is 5.69 Å². The molecule has 0 bridgehead atoms. The Morgan fingerprint density at radius 1 is 1.56 bits per heavy atom. The summed E-state index contributed by atoms with van der Waals surface area (Å²) in [6, 6.07) is 4.66. The molecule has 0 aliphatic carbocycles. The van der Waals surface area contributed by atoms with Crippen LogP contribution in [-0.4, -0.2) is 17.6 Å². The maximum Gasteiger partial charge on any atom is 0.163 e. The highest BCUT2D eigenvalue weighted by molar-refractivity contribution is 9.10. The first-order valence-corrected chi connectivity index (χ1v) is 6.34. The lowest BCUT2D eigenvalue weighted by Crippen LogP contribution is -2.38. The first kappa shape index (κ1) is 11.4. The molecule has 1 fully saturated rings. The Morgan fingerprint density at radius 2 is 2.38 bits per heavy atom. The van der Waals surface area contributed by atoms with E-state index in [9.17, 15) is 0 Å². The molecule has 0 amide bonds. The van der Waals surface area contributed by atoms with Crippen molar-refractivity contribution in [2.24, 2.45) is 0 Å². The maximum absolute atomic E-state index is 9.07. The van der Waals surface area contributed by atoms with Crippen molar-refractivity contribution < 1.29 is 0 Å². The third kappa shape index (κ3) is 2.19. The molecule has 1 unspecified atom stereocenters. The van der Waals surface area contributed by atoms with Gasteiger partial charge in [0.2, 0.25) is 0 Å². The Balaban J connectivity index is 2.38. The van der Waals surface area contributed by atoms with Crippen molar-refractivity contribution in [1.82, 2.24) is 4.98 Å². The Hall–Kier alpha value is -1.08. The van der Waals surface area contributed by atoms with E-state index in [2.05, 4.69) is 38.8 Å². The zero-order valence-electron chi connectivity index (χ0n) is 9.28. The van der Waals surface area contributed by atoms with Gasteiger partial charge in [0.05, 0.1) is 5.69 Å². The number of piperidine rings is 1. The van der Waals surface area contributed by atoms with Gasteiger partial charge in [-0.05, 0) is 48.2 Å². The molecule has 1 saturated heterocycles. The second-order valence-corrected chi connectivity index (χ2v) is 5.09. The number of anilines is 1. The molecule has 3 nitrogen and oxygen atoms in total. The lowest BCUT2D eigenvalue weighted by atomic mass is 10.0. The Kier molecular flexibility index (Phi) is 3.45. The van der Waals surface area contributed by atoms with Gasteiger partial charge in [-0.25, -0.2) is 4.98 Å². The zero-order valence-corrected chi connectivity index (χ0v) is 10.9. The molecule has 1 aromatic heterocycles. The van der Waals surface area contributed by atoms with Crippen LogP contribution in [0.2, 0.25) is 0 Å². The monoisotopic (exact) mass is 279 g/mol. The highest BCUT2D eigenvalue weighted by Gasteiger charge is 2.21. The SMILES string of the molecule is CC1CCCCN1c1cc(Br)cnc1C#N. The van der Waals surface area contributed by atoms with Crippen LogP contribution in [0.5, 0.6) is 0 Å². The van der Waals surface area contributed by atoms with Gasteiger partial charge in [0, 0.05) is 23.3 Å². The van der Waals surface area contributed by atoms with Gasteiger partial charge < -0.3 is 4.90 Å². The molecule has 1 aliphatic heterocycles. The van der Waals surface area contributed by atoms with E-state index in [0.717, 1.165) is 16.7 Å². The summed E-state index contributed by atoms with van der Waals surface area (Å²) in [5.74, 6) is 0. The van der Waals surface area contributed by atoms with Crippen molar-refractivity contribution in [3.8, 4) is 6.07 Å². The van der Waals surface area contributed by atoms with Crippen molar-refractivity contribution >= 4 is 21.6 Å². The van der Waals surface area contributed by atoms with Crippen molar-refractivity contribution in [1.29, 1.82) is 5.26 Å². The summed E-state index contributed by atoms with van der Waals surface area (Å²) in [5.41, 5.74) is 1.49. The van der Waals surface area contributed by atoms with Gasteiger partial charge in [-0.15, -0.1) is 0 Å². The molecule has 0 aromatic carbocycles. The first-order valence-electron chi connectivity index (χ1n) is 5.54. The molecule has 1 aromatic rings. The van der Waals surface area contributed by atoms with Gasteiger partial charge in [-0.2, -0.15) is 5.26 Å². The average molecular weight is 280 g/mol. The highest BCUT2D eigenvalue weighted by Crippen LogP contribution is 2.28. The van der Waals surface area contributed by atoms with Crippen LogP contribution in [0.25, 0.3) is 0 Å². The fourth-order valence-corrected chi connectivity index (χ4v) is 2.51. The smallest absolute Gasteiger partial charge is 0.163 e. The van der Waals surface area contributed by atoms with Gasteiger partial charge in [0.25, 0.3) is 0 Å². The third-order valence-corrected chi connectivity index (χ3v) is 3.49. The summed E-state index contributed by atoms with van der Waals surface area (Å²) < 4.78 is 0.930. The summed E-state index contributed by atoms with van der Waals surface area (Å²) in [4.78, 5) is 6.45. The Morgan fingerprint density at radius 3 is 3.06 bits per heavy atom. The number of nitrogens with zero attached hydrogens (tertiary/aromatic N) is 3. The topological polar surface area (TPSA) is 39.9 Å². The number of hydrogen-bond acceptors (Lipinski definition) is 3. The molecule has 84 valence electrons. The Bertz CT molecular complexity index is 425. The highest BCUT2D eigenvalue weighted by atomic mass is 79.9. The molecule has 0 saturated carbocycles. The second-order valence-electron chi connectivity index (χ2n) is 4.17. The van der Waals surface area contributed by atoms with E-state index in [1.165, 1.54) is 19.3 Å². The molecular weight excluding hydrogens is 266 g/mol. The number of rotatable bonds is 1. The fraction of sp³-hybridized carbons (Fsp3) is 0.500. The van der Waals surface area contributed by atoms with Gasteiger partial charge in [0.1, 0.15) is 6.07 Å². The van der Waals surface area contributed by atoms with Crippen LogP contribution >= 0.6 is 15.9 Å². The van der Waals surface area contributed by atoms with Gasteiger partial charge in [-0.1, -0.05) is 0 Å². The van der Waals surface area contributed by atoms with Crippen LogP contribution in [0.1, 0.15) is 31.9 Å². The quantitative estimate of drug-likeness (QED) is 0.793. The minimum atomic E-state index is 0.497. The number of nitriles is 1. The van der Waals surface area contributed by atoms with Crippen molar-refractivity contribution in [3.05, 3.63) is 22.4 Å². The van der Waals surface area contributed by atoms with Crippen molar-refractivity contribution in [2.75, 3.05) is 11.4 Å². The summed E-state index contributed by atoms with van der Waals surface area (Å²) in [5, 5.41) is 9.07. The molecule has 0 radical (unpaired) electrons.